The molecule has 8 nitrogen and oxygen atoms in total. The molecule has 3 N–H and O–H groups in total. The third kappa shape index (κ3) is 32.6. The lowest BCUT2D eigenvalue weighted by molar-refractivity contribution is -0.160. The predicted molar refractivity (Wildman–Crippen MR) is 196 cm³/mol. The lowest BCUT2D eigenvalue weighted by Gasteiger charge is -2.18. The minimum atomic E-state index is -1.14. The maximum atomic E-state index is 12.6. The number of hydrogen-bond donors (Lipinski definition) is 2. The molecular weight excluding hydrogens is 606 g/mol. The van der Waals surface area contributed by atoms with Gasteiger partial charge >= 0.3 is 17.9 Å². The first-order valence-corrected chi connectivity index (χ1v) is 20.1. The standard InChI is InChI=1S/C40H75NO7/c1-3-5-7-9-11-13-15-17-19-21-23-25-27-29-39(45)47-34-35(31-32-37(42)36(41)33-38(43)44)48-40(46)30-28-26-24-22-20-18-16-14-12-10-8-6-4-2/h35-36H,3-34,41H2,1-2H3,(H,43,44). The van der Waals surface area contributed by atoms with E-state index in [-0.39, 0.29) is 37.8 Å². The third-order valence-electron chi connectivity index (χ3n) is 9.22. The second-order valence-electron chi connectivity index (χ2n) is 14.0. The highest BCUT2D eigenvalue weighted by molar-refractivity contribution is 5.87. The maximum Gasteiger partial charge on any atom is 0.306 e. The molecule has 0 saturated heterocycles. The van der Waals surface area contributed by atoms with E-state index in [9.17, 15) is 19.2 Å². The van der Waals surface area contributed by atoms with E-state index in [0.717, 1.165) is 38.5 Å². The van der Waals surface area contributed by atoms with Crippen molar-refractivity contribution in [1.82, 2.24) is 0 Å². The molecule has 282 valence electrons. The molecular formula is C40H75NO7. The second-order valence-corrected chi connectivity index (χ2v) is 14.0. The highest BCUT2D eigenvalue weighted by Gasteiger charge is 2.22. The van der Waals surface area contributed by atoms with Crippen LogP contribution < -0.4 is 5.73 Å². The average Bonchev–Trinajstić information content (AvgIpc) is 3.06. The minimum absolute atomic E-state index is 0.0401. The summed E-state index contributed by atoms with van der Waals surface area (Å²) in [5.74, 6) is -2.24. The fourth-order valence-corrected chi connectivity index (χ4v) is 6.04. The van der Waals surface area contributed by atoms with Crippen LogP contribution in [-0.2, 0) is 28.7 Å². The Balaban J connectivity index is 4.24. The Kier molecular flexibility index (Phi) is 33.5. The van der Waals surface area contributed by atoms with Crippen molar-refractivity contribution in [2.24, 2.45) is 5.73 Å². The molecule has 0 heterocycles. The molecule has 0 aromatic heterocycles. The molecule has 0 radical (unpaired) electrons. The van der Waals surface area contributed by atoms with Crippen LogP contribution in [0.25, 0.3) is 0 Å². The lowest BCUT2D eigenvalue weighted by atomic mass is 10.0. The molecule has 0 rings (SSSR count). The van der Waals surface area contributed by atoms with Gasteiger partial charge in [-0.1, -0.05) is 168 Å². The van der Waals surface area contributed by atoms with Crippen LogP contribution in [0.4, 0.5) is 0 Å². The SMILES string of the molecule is CCCCCCCCCCCCCCCC(=O)OCC(CCC(=O)C(N)CC(=O)O)OC(=O)CCCCCCCCCCCCCCC. The molecule has 0 spiro atoms. The summed E-state index contributed by atoms with van der Waals surface area (Å²) in [6, 6.07) is -1.11. The summed E-state index contributed by atoms with van der Waals surface area (Å²) in [6.45, 7) is 4.39. The summed E-state index contributed by atoms with van der Waals surface area (Å²) in [6.07, 6.45) is 31.4. The molecule has 2 unspecified atom stereocenters. The summed E-state index contributed by atoms with van der Waals surface area (Å²) in [4.78, 5) is 48.2. The van der Waals surface area contributed by atoms with Crippen molar-refractivity contribution < 1.29 is 33.8 Å². The monoisotopic (exact) mass is 682 g/mol. The number of aliphatic carboxylic acids is 1. The summed E-state index contributed by atoms with van der Waals surface area (Å²) >= 11 is 0. The third-order valence-corrected chi connectivity index (χ3v) is 9.22. The smallest absolute Gasteiger partial charge is 0.306 e. The van der Waals surface area contributed by atoms with Gasteiger partial charge in [-0.15, -0.1) is 0 Å². The van der Waals surface area contributed by atoms with Crippen molar-refractivity contribution >= 4 is 23.7 Å². The maximum absolute atomic E-state index is 12.6. The van der Waals surface area contributed by atoms with E-state index < -0.39 is 30.3 Å². The topological polar surface area (TPSA) is 133 Å². The van der Waals surface area contributed by atoms with Crippen molar-refractivity contribution in [1.29, 1.82) is 0 Å². The van der Waals surface area contributed by atoms with Gasteiger partial charge in [0.15, 0.2) is 0 Å². The molecule has 0 saturated carbocycles. The number of esters is 2. The van der Waals surface area contributed by atoms with Gasteiger partial charge in [-0.25, -0.2) is 0 Å². The quantitative estimate of drug-likeness (QED) is 0.0489. The van der Waals surface area contributed by atoms with Gasteiger partial charge in [-0.3, -0.25) is 19.2 Å². The Labute approximate surface area is 294 Å². The van der Waals surface area contributed by atoms with E-state index in [1.165, 1.54) is 128 Å². The molecule has 0 aliphatic carbocycles. The summed E-state index contributed by atoms with van der Waals surface area (Å²) < 4.78 is 11.1. The fourth-order valence-electron chi connectivity index (χ4n) is 6.04. The van der Waals surface area contributed by atoms with Crippen molar-refractivity contribution in [3.8, 4) is 0 Å². The minimum Gasteiger partial charge on any atom is -0.481 e. The largest absolute Gasteiger partial charge is 0.481 e. The Hall–Kier alpha value is -1.96. The van der Waals surface area contributed by atoms with Gasteiger partial charge in [0.2, 0.25) is 0 Å². The van der Waals surface area contributed by atoms with Gasteiger partial charge in [0, 0.05) is 19.3 Å². The number of Topliss-reactive ketones (excluding diaryl/α,β-unsaturated/α-hetero) is 1. The number of carbonyl (C=O) groups excluding carboxylic acids is 3. The Morgan fingerprint density at radius 2 is 0.875 bits per heavy atom. The Morgan fingerprint density at radius 3 is 1.25 bits per heavy atom. The fraction of sp³-hybridized carbons (Fsp3) is 0.900. The number of unbranched alkanes of at least 4 members (excludes halogenated alkanes) is 24. The highest BCUT2D eigenvalue weighted by Crippen LogP contribution is 2.16. The predicted octanol–water partition coefficient (Wildman–Crippen LogP) is 10.6. The second kappa shape index (κ2) is 34.9. The van der Waals surface area contributed by atoms with E-state index in [2.05, 4.69) is 13.8 Å². The van der Waals surface area contributed by atoms with E-state index in [4.69, 9.17) is 20.3 Å². The number of ether oxygens (including phenoxy) is 2. The first kappa shape index (κ1) is 46.0. The normalized spacial score (nSPS) is 12.5. The van der Waals surface area contributed by atoms with Crippen LogP contribution in [0.5, 0.6) is 0 Å². The summed E-state index contributed by atoms with van der Waals surface area (Å²) in [5.41, 5.74) is 5.71. The van der Waals surface area contributed by atoms with Crippen LogP contribution >= 0.6 is 0 Å². The van der Waals surface area contributed by atoms with Gasteiger partial charge in [0.25, 0.3) is 0 Å². The molecule has 2 atom stereocenters. The van der Waals surface area contributed by atoms with Gasteiger partial charge < -0.3 is 20.3 Å². The van der Waals surface area contributed by atoms with Crippen LogP contribution in [0.1, 0.15) is 213 Å². The highest BCUT2D eigenvalue weighted by atomic mass is 16.6. The summed E-state index contributed by atoms with van der Waals surface area (Å²) in [5, 5.41) is 8.93. The van der Waals surface area contributed by atoms with E-state index in [1.54, 1.807) is 0 Å². The number of carboxylic acid groups (broad SMARTS) is 1. The van der Waals surface area contributed by atoms with Crippen LogP contribution in [-0.4, -0.2) is 47.6 Å². The molecule has 0 aromatic carbocycles. The molecule has 0 bridgehead atoms. The van der Waals surface area contributed by atoms with Crippen molar-refractivity contribution in [3.63, 3.8) is 0 Å². The van der Waals surface area contributed by atoms with Gasteiger partial charge in [0.1, 0.15) is 18.5 Å². The van der Waals surface area contributed by atoms with Gasteiger partial charge in [0.05, 0.1) is 12.5 Å². The number of ketones is 1. The van der Waals surface area contributed by atoms with Gasteiger partial charge in [-0.05, 0) is 19.3 Å². The molecule has 0 aliphatic heterocycles. The Bertz CT molecular complexity index is 788. The van der Waals surface area contributed by atoms with Crippen LogP contribution in [0.3, 0.4) is 0 Å². The van der Waals surface area contributed by atoms with Crippen LogP contribution in [0.2, 0.25) is 0 Å². The van der Waals surface area contributed by atoms with E-state index in [1.807, 2.05) is 0 Å². The Morgan fingerprint density at radius 1 is 0.521 bits per heavy atom. The van der Waals surface area contributed by atoms with E-state index in [0.29, 0.717) is 6.42 Å². The molecule has 48 heavy (non-hydrogen) atoms. The lowest BCUT2D eigenvalue weighted by Crippen LogP contribution is -2.34. The molecule has 0 aliphatic rings. The molecule has 0 fully saturated rings. The molecule has 0 amide bonds. The molecule has 0 aromatic rings. The zero-order valence-corrected chi connectivity index (χ0v) is 31.3. The van der Waals surface area contributed by atoms with Crippen LogP contribution in [0.15, 0.2) is 0 Å². The molecule has 8 heteroatoms. The van der Waals surface area contributed by atoms with E-state index >= 15 is 0 Å². The first-order valence-electron chi connectivity index (χ1n) is 20.1. The van der Waals surface area contributed by atoms with Crippen LogP contribution in [0, 0.1) is 0 Å². The van der Waals surface area contributed by atoms with Crippen molar-refractivity contribution in [3.05, 3.63) is 0 Å². The summed E-state index contributed by atoms with van der Waals surface area (Å²) in [7, 11) is 0. The number of carbonyl (C=O) groups is 4. The zero-order valence-electron chi connectivity index (χ0n) is 31.3. The van der Waals surface area contributed by atoms with Gasteiger partial charge in [-0.2, -0.15) is 0 Å². The zero-order chi connectivity index (χ0) is 35.5. The number of carboxylic acids is 1. The van der Waals surface area contributed by atoms with Crippen molar-refractivity contribution in [2.45, 2.75) is 225 Å². The van der Waals surface area contributed by atoms with Crippen molar-refractivity contribution in [2.75, 3.05) is 6.61 Å². The number of rotatable bonds is 37. The average molecular weight is 682 g/mol. The first-order chi connectivity index (χ1) is 23.3. The number of nitrogens with two attached hydrogens (primary N) is 1. The number of hydrogen-bond acceptors (Lipinski definition) is 7.